The SMILES string of the molecule is CCNC(=O)CN(CC)Cc1cc(N)ccc1OCC. The van der Waals surface area contributed by atoms with Gasteiger partial charge in [0.2, 0.25) is 5.91 Å². The van der Waals surface area contributed by atoms with Crippen molar-refractivity contribution in [2.45, 2.75) is 27.3 Å². The van der Waals surface area contributed by atoms with Gasteiger partial charge in [-0.1, -0.05) is 6.92 Å². The van der Waals surface area contributed by atoms with Crippen LogP contribution in [-0.4, -0.2) is 37.0 Å². The lowest BCUT2D eigenvalue weighted by molar-refractivity contribution is -0.122. The highest BCUT2D eigenvalue weighted by atomic mass is 16.5. The Morgan fingerprint density at radius 1 is 1.35 bits per heavy atom. The Bertz CT molecular complexity index is 435. The van der Waals surface area contributed by atoms with Crippen LogP contribution in [0.5, 0.6) is 5.75 Å². The van der Waals surface area contributed by atoms with Crippen molar-refractivity contribution in [1.82, 2.24) is 10.2 Å². The van der Waals surface area contributed by atoms with Crippen LogP contribution in [0, 0.1) is 0 Å². The van der Waals surface area contributed by atoms with Gasteiger partial charge in [0.25, 0.3) is 0 Å². The van der Waals surface area contributed by atoms with Gasteiger partial charge in [-0.25, -0.2) is 0 Å². The standard InChI is InChI=1S/C15H25N3O2/c1-4-17-15(19)11-18(5-2)10-12-9-13(16)7-8-14(12)20-6-3/h7-9H,4-6,10-11,16H2,1-3H3,(H,17,19). The van der Waals surface area contributed by atoms with E-state index in [4.69, 9.17) is 10.5 Å². The number of nitrogens with zero attached hydrogens (tertiary/aromatic N) is 1. The highest BCUT2D eigenvalue weighted by Gasteiger charge is 2.12. The lowest BCUT2D eigenvalue weighted by Crippen LogP contribution is -2.36. The molecule has 0 atom stereocenters. The van der Waals surface area contributed by atoms with Crippen LogP contribution in [0.15, 0.2) is 18.2 Å². The molecule has 1 aromatic rings. The number of hydrogen-bond acceptors (Lipinski definition) is 4. The van der Waals surface area contributed by atoms with Crippen molar-refractivity contribution in [1.29, 1.82) is 0 Å². The van der Waals surface area contributed by atoms with Crippen LogP contribution in [0.2, 0.25) is 0 Å². The van der Waals surface area contributed by atoms with Crippen LogP contribution in [0.4, 0.5) is 5.69 Å². The minimum Gasteiger partial charge on any atom is -0.494 e. The Hall–Kier alpha value is -1.75. The van der Waals surface area contributed by atoms with Gasteiger partial charge >= 0.3 is 0 Å². The maximum atomic E-state index is 11.7. The molecule has 0 radical (unpaired) electrons. The van der Waals surface area contributed by atoms with Gasteiger partial charge in [-0.2, -0.15) is 0 Å². The summed E-state index contributed by atoms with van der Waals surface area (Å²) in [5.41, 5.74) is 7.55. The predicted molar refractivity (Wildman–Crippen MR) is 81.7 cm³/mol. The minimum absolute atomic E-state index is 0.0382. The topological polar surface area (TPSA) is 67.6 Å². The summed E-state index contributed by atoms with van der Waals surface area (Å²) in [5.74, 6) is 0.868. The Kier molecular flexibility index (Phi) is 6.87. The van der Waals surface area contributed by atoms with E-state index in [9.17, 15) is 4.79 Å². The van der Waals surface area contributed by atoms with Crippen molar-refractivity contribution in [3.05, 3.63) is 23.8 Å². The Morgan fingerprint density at radius 3 is 2.70 bits per heavy atom. The summed E-state index contributed by atoms with van der Waals surface area (Å²) in [6.07, 6.45) is 0. The monoisotopic (exact) mass is 279 g/mol. The number of hydrogen-bond donors (Lipinski definition) is 2. The van der Waals surface area contributed by atoms with E-state index < -0.39 is 0 Å². The van der Waals surface area contributed by atoms with Crippen molar-refractivity contribution < 1.29 is 9.53 Å². The van der Waals surface area contributed by atoms with Crippen molar-refractivity contribution in [2.75, 3.05) is 32.0 Å². The smallest absolute Gasteiger partial charge is 0.234 e. The highest BCUT2D eigenvalue weighted by molar-refractivity contribution is 5.77. The number of anilines is 1. The fourth-order valence-electron chi connectivity index (χ4n) is 2.00. The van der Waals surface area contributed by atoms with Crippen LogP contribution in [-0.2, 0) is 11.3 Å². The lowest BCUT2D eigenvalue weighted by Gasteiger charge is -2.21. The molecule has 112 valence electrons. The van der Waals surface area contributed by atoms with E-state index in [1.54, 1.807) is 0 Å². The first kappa shape index (κ1) is 16.3. The largest absolute Gasteiger partial charge is 0.494 e. The summed E-state index contributed by atoms with van der Waals surface area (Å²) in [5, 5.41) is 2.81. The zero-order valence-corrected chi connectivity index (χ0v) is 12.6. The van der Waals surface area contributed by atoms with Crippen LogP contribution < -0.4 is 15.8 Å². The fraction of sp³-hybridized carbons (Fsp3) is 0.533. The van der Waals surface area contributed by atoms with E-state index in [1.807, 2.05) is 39.0 Å². The van der Waals surface area contributed by atoms with Gasteiger partial charge in [-0.15, -0.1) is 0 Å². The molecule has 0 heterocycles. The molecule has 0 aliphatic heterocycles. The van der Waals surface area contributed by atoms with E-state index in [0.717, 1.165) is 17.9 Å². The summed E-state index contributed by atoms with van der Waals surface area (Å²) in [6.45, 7) is 8.98. The van der Waals surface area contributed by atoms with Gasteiger partial charge in [0.15, 0.2) is 0 Å². The molecular weight excluding hydrogens is 254 g/mol. The first-order valence-electron chi connectivity index (χ1n) is 7.10. The van der Waals surface area contributed by atoms with Crippen molar-refractivity contribution >= 4 is 11.6 Å². The maximum Gasteiger partial charge on any atom is 0.234 e. The van der Waals surface area contributed by atoms with E-state index >= 15 is 0 Å². The van der Waals surface area contributed by atoms with Crippen LogP contribution in [0.25, 0.3) is 0 Å². The second-order valence-electron chi connectivity index (χ2n) is 4.56. The summed E-state index contributed by atoms with van der Waals surface area (Å²) in [4.78, 5) is 13.7. The fourth-order valence-corrected chi connectivity index (χ4v) is 2.00. The number of benzene rings is 1. The van der Waals surface area contributed by atoms with Crippen LogP contribution in [0.3, 0.4) is 0 Å². The quantitative estimate of drug-likeness (QED) is 0.710. The Morgan fingerprint density at radius 2 is 2.10 bits per heavy atom. The van der Waals surface area contributed by atoms with Gasteiger partial charge in [0, 0.05) is 24.3 Å². The third-order valence-corrected chi connectivity index (χ3v) is 2.97. The molecule has 0 bridgehead atoms. The molecule has 0 spiro atoms. The molecule has 3 N–H and O–H groups in total. The zero-order valence-electron chi connectivity index (χ0n) is 12.6. The van der Waals surface area contributed by atoms with Gasteiger partial charge in [0.05, 0.1) is 13.2 Å². The number of nitrogens with one attached hydrogen (secondary N) is 1. The second kappa shape index (κ2) is 8.43. The summed E-state index contributed by atoms with van der Waals surface area (Å²) in [6, 6.07) is 5.62. The number of nitrogen functional groups attached to an aromatic ring is 1. The number of nitrogens with two attached hydrogens (primary N) is 1. The second-order valence-corrected chi connectivity index (χ2v) is 4.56. The average molecular weight is 279 g/mol. The van der Waals surface area contributed by atoms with E-state index in [2.05, 4.69) is 10.2 Å². The molecule has 1 aromatic carbocycles. The van der Waals surface area contributed by atoms with Crippen LogP contribution >= 0.6 is 0 Å². The van der Waals surface area contributed by atoms with Crippen LogP contribution in [0.1, 0.15) is 26.3 Å². The number of ether oxygens (including phenoxy) is 1. The predicted octanol–water partition coefficient (Wildman–Crippen LogP) is 1.63. The first-order valence-corrected chi connectivity index (χ1v) is 7.10. The summed E-state index contributed by atoms with van der Waals surface area (Å²) < 4.78 is 5.61. The van der Waals surface area contributed by atoms with E-state index in [0.29, 0.717) is 31.9 Å². The minimum atomic E-state index is 0.0382. The third kappa shape index (κ3) is 5.09. The third-order valence-electron chi connectivity index (χ3n) is 2.97. The van der Waals surface area contributed by atoms with E-state index in [1.165, 1.54) is 0 Å². The van der Waals surface area contributed by atoms with Crippen molar-refractivity contribution in [3.63, 3.8) is 0 Å². The van der Waals surface area contributed by atoms with Gasteiger partial charge in [0.1, 0.15) is 5.75 Å². The normalized spacial score (nSPS) is 10.6. The average Bonchev–Trinajstić information content (AvgIpc) is 2.41. The summed E-state index contributed by atoms with van der Waals surface area (Å²) >= 11 is 0. The molecule has 0 unspecified atom stereocenters. The molecule has 1 rings (SSSR count). The zero-order chi connectivity index (χ0) is 15.0. The Labute approximate surface area is 121 Å². The molecule has 0 aromatic heterocycles. The van der Waals surface area contributed by atoms with Crippen molar-refractivity contribution in [3.8, 4) is 5.75 Å². The molecule has 5 heteroatoms. The molecule has 0 saturated carbocycles. The van der Waals surface area contributed by atoms with Gasteiger partial charge < -0.3 is 15.8 Å². The molecule has 1 amide bonds. The molecule has 0 aliphatic rings. The number of rotatable bonds is 8. The summed E-state index contributed by atoms with van der Waals surface area (Å²) in [7, 11) is 0. The molecule has 0 aliphatic carbocycles. The number of carbonyl (C=O) groups excluding carboxylic acids is 1. The lowest BCUT2D eigenvalue weighted by atomic mass is 10.1. The molecule has 20 heavy (non-hydrogen) atoms. The molecule has 0 fully saturated rings. The number of amides is 1. The van der Waals surface area contributed by atoms with Crippen molar-refractivity contribution in [2.24, 2.45) is 0 Å². The molecule has 5 nitrogen and oxygen atoms in total. The van der Waals surface area contributed by atoms with Gasteiger partial charge in [-0.3, -0.25) is 9.69 Å². The first-order chi connectivity index (χ1) is 9.60. The molecular formula is C15H25N3O2. The Balaban J connectivity index is 2.77. The van der Waals surface area contributed by atoms with E-state index in [-0.39, 0.29) is 5.91 Å². The number of carbonyl (C=O) groups is 1. The van der Waals surface area contributed by atoms with Gasteiger partial charge in [-0.05, 0) is 38.6 Å². The highest BCUT2D eigenvalue weighted by Crippen LogP contribution is 2.23. The number of likely N-dealkylation sites (N-methyl/N-ethyl adjacent to an activating group) is 2. The molecule has 0 saturated heterocycles. The maximum absolute atomic E-state index is 11.7.